The van der Waals surface area contributed by atoms with Gasteiger partial charge in [0.2, 0.25) is 5.91 Å². The number of carbonyl (C=O) groups excluding carboxylic acids is 1. The van der Waals surface area contributed by atoms with Crippen LogP contribution in [0.2, 0.25) is 0 Å². The van der Waals surface area contributed by atoms with Crippen molar-refractivity contribution >= 4 is 23.4 Å². The van der Waals surface area contributed by atoms with Crippen LogP contribution in [0.3, 0.4) is 0 Å². The molecule has 2 aromatic rings. The van der Waals surface area contributed by atoms with E-state index >= 15 is 0 Å². The molecule has 2 aromatic carbocycles. The van der Waals surface area contributed by atoms with Crippen molar-refractivity contribution in [2.75, 3.05) is 17.8 Å². The maximum atomic E-state index is 12.7. The van der Waals surface area contributed by atoms with Gasteiger partial charge in [0, 0.05) is 23.0 Å². The quantitative estimate of drug-likeness (QED) is 0.816. The van der Waals surface area contributed by atoms with Crippen LogP contribution in [-0.4, -0.2) is 24.8 Å². The highest BCUT2D eigenvalue weighted by atomic mass is 32.2. The molecule has 0 unspecified atom stereocenters. The monoisotopic (exact) mass is 341 g/mol. The van der Waals surface area contributed by atoms with Gasteiger partial charge in [-0.15, -0.1) is 11.8 Å². The first-order valence-corrected chi connectivity index (χ1v) is 9.37. The smallest absolute Gasteiger partial charge is 0.237 e. The van der Waals surface area contributed by atoms with E-state index in [4.69, 9.17) is 4.74 Å². The van der Waals surface area contributed by atoms with E-state index in [2.05, 4.69) is 26.0 Å². The average Bonchev–Trinajstić information content (AvgIpc) is 2.90. The fraction of sp³-hybridized carbons (Fsp3) is 0.350. The predicted octanol–water partition coefficient (Wildman–Crippen LogP) is 4.21. The Bertz CT molecular complexity index is 744. The van der Waals surface area contributed by atoms with Crippen LogP contribution in [-0.2, 0) is 17.0 Å². The van der Waals surface area contributed by atoms with E-state index in [1.165, 1.54) is 11.1 Å². The molecular weight excluding hydrogens is 318 g/mol. The first-order valence-electron chi connectivity index (χ1n) is 8.21. The summed E-state index contributed by atoms with van der Waals surface area (Å²) in [6.07, 6.45) is 0.943. The van der Waals surface area contributed by atoms with Gasteiger partial charge in [0.25, 0.3) is 0 Å². The van der Waals surface area contributed by atoms with Gasteiger partial charge >= 0.3 is 0 Å². The molecular formula is C20H23NO2S. The average molecular weight is 341 g/mol. The highest BCUT2D eigenvalue weighted by Crippen LogP contribution is 2.32. The van der Waals surface area contributed by atoms with Crippen molar-refractivity contribution in [3.05, 3.63) is 59.2 Å². The Balaban J connectivity index is 1.64. The van der Waals surface area contributed by atoms with Crippen LogP contribution < -0.4 is 9.64 Å². The number of methoxy groups -OCH3 is 1. The van der Waals surface area contributed by atoms with Gasteiger partial charge in [-0.2, -0.15) is 0 Å². The summed E-state index contributed by atoms with van der Waals surface area (Å²) in [7, 11) is 1.69. The van der Waals surface area contributed by atoms with E-state index in [1.54, 1.807) is 18.9 Å². The molecule has 1 atom stereocenters. The maximum absolute atomic E-state index is 12.7. The van der Waals surface area contributed by atoms with Crippen LogP contribution >= 0.6 is 11.8 Å². The molecule has 1 amide bonds. The molecule has 3 nitrogen and oxygen atoms in total. The fourth-order valence-electron chi connectivity index (χ4n) is 3.28. The summed E-state index contributed by atoms with van der Waals surface area (Å²) < 4.78 is 5.41. The summed E-state index contributed by atoms with van der Waals surface area (Å²) in [5.74, 6) is 2.33. The lowest BCUT2D eigenvalue weighted by Crippen LogP contribution is -2.37. The lowest BCUT2D eigenvalue weighted by Gasteiger charge is -2.22. The summed E-state index contributed by atoms with van der Waals surface area (Å²) in [5, 5.41) is 0. The Morgan fingerprint density at radius 3 is 2.88 bits per heavy atom. The summed E-state index contributed by atoms with van der Waals surface area (Å²) in [6.45, 7) is 4.19. The molecule has 0 spiro atoms. The third-order valence-corrected chi connectivity index (χ3v) is 5.36. The zero-order valence-electron chi connectivity index (χ0n) is 14.4. The molecule has 1 heterocycles. The summed E-state index contributed by atoms with van der Waals surface area (Å²) in [4.78, 5) is 14.7. The molecule has 24 heavy (non-hydrogen) atoms. The zero-order valence-corrected chi connectivity index (χ0v) is 15.2. The SMILES string of the molecule is COc1ccc(C)cc1CSCC(=O)N1c2ccccc2C[C@H]1C. The summed E-state index contributed by atoms with van der Waals surface area (Å²) in [6, 6.07) is 14.6. The molecule has 0 saturated heterocycles. The largest absolute Gasteiger partial charge is 0.496 e. The number of fused-ring (bicyclic) bond motifs is 1. The molecule has 0 N–H and O–H groups in total. The van der Waals surface area contributed by atoms with Crippen LogP contribution in [0.15, 0.2) is 42.5 Å². The first kappa shape index (κ1) is 16.9. The number of benzene rings is 2. The lowest BCUT2D eigenvalue weighted by molar-refractivity contribution is -0.116. The molecule has 126 valence electrons. The fourth-order valence-corrected chi connectivity index (χ4v) is 4.14. The summed E-state index contributed by atoms with van der Waals surface area (Å²) >= 11 is 1.65. The molecule has 0 bridgehead atoms. The second-order valence-corrected chi connectivity index (χ2v) is 7.24. The second kappa shape index (κ2) is 7.31. The zero-order chi connectivity index (χ0) is 17.1. The molecule has 1 aliphatic heterocycles. The van der Waals surface area contributed by atoms with Gasteiger partial charge in [-0.05, 0) is 38.0 Å². The van der Waals surface area contributed by atoms with Crippen LogP contribution in [0.5, 0.6) is 5.75 Å². The molecule has 1 aliphatic rings. The Morgan fingerprint density at radius 1 is 1.29 bits per heavy atom. The minimum atomic E-state index is 0.184. The topological polar surface area (TPSA) is 29.5 Å². The van der Waals surface area contributed by atoms with Crippen LogP contribution in [0.1, 0.15) is 23.6 Å². The van der Waals surface area contributed by atoms with E-state index in [1.807, 2.05) is 35.2 Å². The van der Waals surface area contributed by atoms with E-state index in [0.717, 1.165) is 29.2 Å². The van der Waals surface area contributed by atoms with Crippen molar-refractivity contribution in [2.24, 2.45) is 0 Å². The number of anilines is 1. The third kappa shape index (κ3) is 3.44. The highest BCUT2D eigenvalue weighted by molar-refractivity contribution is 7.99. The lowest BCUT2D eigenvalue weighted by atomic mass is 10.1. The number of hydrogen-bond donors (Lipinski definition) is 0. The van der Waals surface area contributed by atoms with E-state index in [9.17, 15) is 4.79 Å². The molecule has 0 aliphatic carbocycles. The van der Waals surface area contributed by atoms with E-state index < -0.39 is 0 Å². The van der Waals surface area contributed by atoms with Gasteiger partial charge in [-0.3, -0.25) is 4.79 Å². The number of carbonyl (C=O) groups is 1. The number of rotatable bonds is 5. The number of hydrogen-bond acceptors (Lipinski definition) is 3. The van der Waals surface area contributed by atoms with Gasteiger partial charge < -0.3 is 9.64 Å². The van der Waals surface area contributed by atoms with E-state index in [-0.39, 0.29) is 11.9 Å². The van der Waals surface area contributed by atoms with Crippen molar-refractivity contribution in [3.8, 4) is 5.75 Å². The molecule has 0 fully saturated rings. The molecule has 3 rings (SSSR count). The Morgan fingerprint density at radius 2 is 2.08 bits per heavy atom. The Labute approximate surface area is 148 Å². The number of amides is 1. The predicted molar refractivity (Wildman–Crippen MR) is 101 cm³/mol. The van der Waals surface area contributed by atoms with Crippen LogP contribution in [0.4, 0.5) is 5.69 Å². The summed E-state index contributed by atoms with van der Waals surface area (Å²) in [5.41, 5.74) is 4.69. The normalized spacial score (nSPS) is 16.1. The van der Waals surface area contributed by atoms with Gasteiger partial charge in [0.05, 0.1) is 12.9 Å². The Hall–Kier alpha value is -1.94. The number of thioether (sulfide) groups is 1. The maximum Gasteiger partial charge on any atom is 0.237 e. The van der Waals surface area contributed by atoms with Crippen molar-refractivity contribution in [2.45, 2.75) is 32.1 Å². The number of ether oxygens (including phenoxy) is 1. The standard InChI is InChI=1S/C20H23NO2S/c1-14-8-9-19(23-3)17(10-14)12-24-13-20(22)21-15(2)11-16-6-4-5-7-18(16)21/h4-10,15H,11-13H2,1-3H3/t15-/m1/s1. The minimum Gasteiger partial charge on any atom is -0.496 e. The molecule has 0 saturated carbocycles. The second-order valence-electron chi connectivity index (χ2n) is 6.25. The van der Waals surface area contributed by atoms with Gasteiger partial charge in [-0.25, -0.2) is 0 Å². The minimum absolute atomic E-state index is 0.184. The number of aryl methyl sites for hydroxylation is 1. The van der Waals surface area contributed by atoms with Crippen molar-refractivity contribution in [1.29, 1.82) is 0 Å². The first-order chi connectivity index (χ1) is 11.6. The van der Waals surface area contributed by atoms with Crippen molar-refractivity contribution < 1.29 is 9.53 Å². The van der Waals surface area contributed by atoms with Gasteiger partial charge in [0.15, 0.2) is 0 Å². The van der Waals surface area contributed by atoms with Crippen LogP contribution in [0, 0.1) is 6.92 Å². The van der Waals surface area contributed by atoms with Crippen LogP contribution in [0.25, 0.3) is 0 Å². The van der Waals surface area contributed by atoms with Crippen molar-refractivity contribution in [1.82, 2.24) is 0 Å². The Kier molecular flexibility index (Phi) is 5.14. The van der Waals surface area contributed by atoms with Gasteiger partial charge in [-0.1, -0.05) is 35.9 Å². The van der Waals surface area contributed by atoms with Gasteiger partial charge in [0.1, 0.15) is 5.75 Å². The number of para-hydroxylation sites is 1. The molecule has 0 aromatic heterocycles. The molecule has 0 radical (unpaired) electrons. The van der Waals surface area contributed by atoms with E-state index in [0.29, 0.717) is 5.75 Å². The van der Waals surface area contributed by atoms with Crippen molar-refractivity contribution in [3.63, 3.8) is 0 Å². The highest BCUT2D eigenvalue weighted by Gasteiger charge is 2.30. The third-order valence-electron chi connectivity index (χ3n) is 4.39. The number of nitrogens with zero attached hydrogens (tertiary/aromatic N) is 1. The molecule has 4 heteroatoms.